The van der Waals surface area contributed by atoms with Gasteiger partial charge in [0.2, 0.25) is 0 Å². The van der Waals surface area contributed by atoms with E-state index in [1.165, 1.54) is 5.56 Å². The molecule has 1 aliphatic rings. The van der Waals surface area contributed by atoms with E-state index in [9.17, 15) is 9.81 Å². The van der Waals surface area contributed by atoms with Crippen LogP contribution in [-0.2, 0) is 37.5 Å². The Morgan fingerprint density at radius 2 is 1.62 bits per heavy atom. The van der Waals surface area contributed by atoms with Gasteiger partial charge in [0, 0.05) is 0 Å². The molecular formula is C31H38B2O5PS. The number of benzene rings is 3. The van der Waals surface area contributed by atoms with Gasteiger partial charge in [-0.05, 0) is 0 Å². The van der Waals surface area contributed by atoms with Gasteiger partial charge in [-0.3, -0.25) is 0 Å². The average Bonchev–Trinajstić information content (AvgIpc) is 2.94. The summed E-state index contributed by atoms with van der Waals surface area (Å²) in [6, 6.07) is 26.5. The minimum atomic E-state index is -0.843. The zero-order chi connectivity index (χ0) is 28.5. The number of rotatable bonds is 12. The van der Waals surface area contributed by atoms with Gasteiger partial charge < -0.3 is 0 Å². The Morgan fingerprint density at radius 3 is 2.25 bits per heavy atom. The molecule has 0 bridgehead atoms. The molecular weight excluding hydrogens is 537 g/mol. The first-order valence-electron chi connectivity index (χ1n) is 13.7. The van der Waals surface area contributed by atoms with Crippen molar-refractivity contribution in [3.05, 3.63) is 101 Å². The fourth-order valence-electron chi connectivity index (χ4n) is 4.64. The Balaban J connectivity index is 1.60. The molecule has 209 valence electrons. The van der Waals surface area contributed by atoms with E-state index in [-0.39, 0.29) is 26.1 Å². The van der Waals surface area contributed by atoms with Crippen LogP contribution in [0.5, 0.6) is 0 Å². The summed E-state index contributed by atoms with van der Waals surface area (Å²) < 4.78 is 30.5. The summed E-state index contributed by atoms with van der Waals surface area (Å²) in [4.78, 5) is 1.12. The van der Waals surface area contributed by atoms with Gasteiger partial charge in [0.15, 0.2) is 0 Å². The first-order valence-corrected chi connectivity index (χ1v) is 15.7. The Hall–Kier alpha value is -1.79. The Kier molecular flexibility index (Phi) is 11.6. The Labute approximate surface area is 246 Å². The molecule has 1 N–H and O–H groups in total. The summed E-state index contributed by atoms with van der Waals surface area (Å²) in [5.74, 6) is 0. The first kappa shape index (κ1) is 31.2. The van der Waals surface area contributed by atoms with Crippen molar-refractivity contribution in [3.63, 3.8) is 0 Å². The second-order valence-electron chi connectivity index (χ2n) is 11.1. The number of aliphatic hydroxyl groups excluding tert-OH is 1. The second kappa shape index (κ2) is 14.9. The summed E-state index contributed by atoms with van der Waals surface area (Å²) in [7, 11) is 0.890. The zero-order valence-electron chi connectivity index (χ0n) is 23.7. The third-order valence-corrected chi connectivity index (χ3v) is 9.70. The predicted octanol–water partition coefficient (Wildman–Crippen LogP) is 5.90. The molecule has 6 atom stereocenters. The Bertz CT molecular complexity index is 1210. The molecule has 1 heterocycles. The molecule has 1 saturated heterocycles. The van der Waals surface area contributed by atoms with E-state index in [4.69, 9.17) is 14.2 Å². The van der Waals surface area contributed by atoms with E-state index in [0.29, 0.717) is 13.2 Å². The van der Waals surface area contributed by atoms with Crippen LogP contribution in [-0.4, -0.2) is 55.1 Å². The molecule has 0 aliphatic carbocycles. The fourth-order valence-corrected chi connectivity index (χ4v) is 7.23. The van der Waals surface area contributed by atoms with Crippen molar-refractivity contribution in [2.75, 3.05) is 6.61 Å². The van der Waals surface area contributed by atoms with Crippen LogP contribution in [0.1, 0.15) is 43.0 Å². The molecule has 3 aromatic rings. The molecule has 4 rings (SSSR count). The van der Waals surface area contributed by atoms with Gasteiger partial charge in [0.1, 0.15) is 0 Å². The molecule has 1 aliphatic heterocycles. The van der Waals surface area contributed by atoms with Crippen molar-refractivity contribution in [2.45, 2.75) is 80.6 Å². The predicted molar refractivity (Wildman–Crippen MR) is 166 cm³/mol. The molecule has 3 aromatic carbocycles. The molecule has 0 amide bonds. The number of aliphatic hydroxyl groups is 1. The van der Waals surface area contributed by atoms with Gasteiger partial charge in [0.25, 0.3) is 0 Å². The maximum atomic E-state index is 11.5. The van der Waals surface area contributed by atoms with Gasteiger partial charge in [0.05, 0.1) is 0 Å². The second-order valence-corrected chi connectivity index (χ2v) is 13.6. The monoisotopic (exact) mass is 575 g/mol. The summed E-state index contributed by atoms with van der Waals surface area (Å²) in [6.07, 6.45) is -1.83. The molecule has 5 nitrogen and oxygen atoms in total. The van der Waals surface area contributed by atoms with Crippen molar-refractivity contribution >= 4 is 34.2 Å². The SMILES string of the molecule is Cc1ccc(C(C)(C)C)cc1S[C@@H]1OC(COCc2ccccc2)[C@@H](O)[C@H](P[B]B=O)C1OCc1ccccc1. The maximum absolute atomic E-state index is 11.5. The first-order chi connectivity index (χ1) is 19.3. The van der Waals surface area contributed by atoms with Crippen molar-refractivity contribution in [2.24, 2.45) is 0 Å². The molecule has 0 spiro atoms. The summed E-state index contributed by atoms with van der Waals surface area (Å²) in [6.45, 7) is 11.4. The summed E-state index contributed by atoms with van der Waals surface area (Å²) in [5, 5.41) is 11.5. The van der Waals surface area contributed by atoms with Crippen molar-refractivity contribution in [3.8, 4) is 0 Å². The molecule has 3 unspecified atom stereocenters. The van der Waals surface area contributed by atoms with Crippen LogP contribution in [0.2, 0.25) is 0 Å². The van der Waals surface area contributed by atoms with Crippen LogP contribution in [0.4, 0.5) is 0 Å². The van der Waals surface area contributed by atoms with Gasteiger partial charge in [-0.15, -0.1) is 0 Å². The fraction of sp³-hybridized carbons (Fsp3) is 0.419. The van der Waals surface area contributed by atoms with Crippen molar-refractivity contribution in [1.82, 2.24) is 0 Å². The van der Waals surface area contributed by atoms with Crippen LogP contribution >= 0.6 is 20.2 Å². The molecule has 1 fully saturated rings. The quantitative estimate of drug-likeness (QED) is 0.214. The summed E-state index contributed by atoms with van der Waals surface area (Å²) in [5.41, 5.74) is 3.80. The van der Waals surface area contributed by atoms with Crippen LogP contribution < -0.4 is 0 Å². The van der Waals surface area contributed by atoms with E-state index >= 15 is 0 Å². The van der Waals surface area contributed by atoms with E-state index in [1.807, 2.05) is 60.7 Å². The van der Waals surface area contributed by atoms with Crippen LogP contribution in [0.3, 0.4) is 0 Å². The van der Waals surface area contributed by atoms with Crippen LogP contribution in [0, 0.1) is 6.92 Å². The molecule has 40 heavy (non-hydrogen) atoms. The minimum absolute atomic E-state index is 0.00644. The van der Waals surface area contributed by atoms with E-state index in [2.05, 4.69) is 45.9 Å². The van der Waals surface area contributed by atoms with Crippen molar-refractivity contribution in [1.29, 1.82) is 0 Å². The number of aryl methyl sites for hydroxylation is 1. The van der Waals surface area contributed by atoms with E-state index < -0.39 is 23.7 Å². The summed E-state index contributed by atoms with van der Waals surface area (Å²) >= 11 is 1.63. The molecule has 0 saturated carbocycles. The number of ether oxygens (including phenoxy) is 3. The topological polar surface area (TPSA) is 65.0 Å². The third-order valence-electron chi connectivity index (χ3n) is 7.01. The van der Waals surface area contributed by atoms with E-state index in [1.54, 1.807) is 18.7 Å². The van der Waals surface area contributed by atoms with E-state index in [0.717, 1.165) is 28.6 Å². The van der Waals surface area contributed by atoms with Gasteiger partial charge in [-0.2, -0.15) is 0 Å². The van der Waals surface area contributed by atoms with Gasteiger partial charge >= 0.3 is 247 Å². The molecule has 1 radical (unpaired) electrons. The number of hydrogen-bond acceptors (Lipinski definition) is 6. The Morgan fingerprint density at radius 1 is 0.975 bits per heavy atom. The van der Waals surface area contributed by atoms with Gasteiger partial charge in [-0.1, -0.05) is 0 Å². The zero-order valence-corrected chi connectivity index (χ0v) is 25.5. The average molecular weight is 575 g/mol. The normalized spacial score (nSPS) is 23.3. The van der Waals surface area contributed by atoms with Crippen molar-refractivity contribution < 1.29 is 24.0 Å². The standard InChI is InChI=1S/C31H38B2O5PS/c1-21-15-16-24(31(2,3)4)17-26(21)40-30-28(37-19-23-13-9-6-10-14-23)29(39-33-32-35)27(34)25(38-30)20-36-18-22-11-7-5-8-12-22/h5-17,25,27-30,34,39H,18-20H2,1-4H3/t25?,27-,28?,29+,30+/m1/s1. The molecule has 0 aromatic heterocycles. The van der Waals surface area contributed by atoms with Crippen LogP contribution in [0.15, 0.2) is 83.8 Å². The number of thioether (sulfide) groups is 1. The third kappa shape index (κ3) is 8.61. The van der Waals surface area contributed by atoms with Crippen LogP contribution in [0.25, 0.3) is 0 Å². The molecule has 9 heteroatoms. The number of hydrogen-bond donors (Lipinski definition) is 1. The van der Waals surface area contributed by atoms with Gasteiger partial charge in [-0.25, -0.2) is 0 Å².